The standard InChI is InChI=1S/C14H9Cl2NO2.C9H17NO5.C9H6O2S.C8H7NO3S3.C5H4N2O4/c15-11-4-1-10(13(16)7-11)8-17-12-5-2-9(3-6-12)14(18)19;1-9(2,5-11)7(14)8(15)10-4-3-6(12)13;10-9(11)8-5-6-3-1-2-4-7(6)12-8;1-13-8-9-6-4-5(15(10,11)12)2-3-7(6)14-8;8-4(9)2-3(5(10)11)7-1-6-2/h1-8H,(H,18,19);7,11,14H,3-5H2,1-2H3,(H,10,15)(H,12,13);1-5H,(H,10,11);2-4H,1H3,(H,10,11,12);1H,(H,6,7)(H,8,9)(H,10,11)/t;7-;;;/m.1.../s1. The number of aliphatic hydroxyl groups excluding tert-OH is 2. The summed E-state index contributed by atoms with van der Waals surface area (Å²) in [6, 6.07) is 25.1. The molecule has 0 spiro atoms. The number of aromatic nitrogens is 3. The van der Waals surface area contributed by atoms with Crippen molar-refractivity contribution in [1.82, 2.24) is 20.3 Å². The molecule has 72 heavy (non-hydrogen) atoms. The number of thioether (sulfide) groups is 1. The molecule has 0 bridgehead atoms. The van der Waals surface area contributed by atoms with Crippen LogP contribution in [0.1, 0.15) is 66.8 Å². The van der Waals surface area contributed by atoms with Gasteiger partial charge in [0.2, 0.25) is 5.91 Å². The largest absolute Gasteiger partial charge is 0.481 e. The van der Waals surface area contributed by atoms with Crippen molar-refractivity contribution in [2.24, 2.45) is 10.4 Å². The van der Waals surface area contributed by atoms with Gasteiger partial charge in [-0.15, -0.1) is 22.7 Å². The highest BCUT2D eigenvalue weighted by Gasteiger charge is 2.32. The number of carbonyl (C=O) groups excluding carboxylic acids is 1. The van der Waals surface area contributed by atoms with Crippen LogP contribution in [-0.4, -0.2) is 131 Å². The number of thiazole rings is 1. The van der Waals surface area contributed by atoms with E-state index in [4.69, 9.17) is 58.4 Å². The maximum atomic E-state index is 11.3. The number of aromatic carboxylic acids is 4. The van der Waals surface area contributed by atoms with Gasteiger partial charge in [0.05, 0.1) is 50.7 Å². The lowest BCUT2D eigenvalue weighted by Crippen LogP contribution is -2.45. The van der Waals surface area contributed by atoms with Crippen molar-refractivity contribution in [1.29, 1.82) is 0 Å². The highest BCUT2D eigenvalue weighted by Crippen LogP contribution is 2.30. The first-order valence-corrected chi connectivity index (χ1v) is 25.1. The van der Waals surface area contributed by atoms with Gasteiger partial charge in [-0.25, -0.2) is 29.1 Å². The molecular weight excluding hydrogens is 1070 g/mol. The summed E-state index contributed by atoms with van der Waals surface area (Å²) < 4.78 is 33.4. The molecule has 0 unspecified atom stereocenters. The fraction of sp³-hybridized carbons (Fsp3) is 0.178. The SMILES string of the molecule is CC(C)(CO)[C@H](O)C(=O)NCCC(=O)O.CSc1nc2cc(S(=O)(=O)O)ccc2s1.O=C(O)c1cc2ccccc2s1.O=C(O)c1ccc(N=Cc2ccc(Cl)cc2Cl)cc1.O=C(O)c1nc[nH]c1C(=O)O. The van der Waals surface area contributed by atoms with Gasteiger partial charge in [-0.05, 0) is 78.4 Å². The fourth-order valence-corrected chi connectivity index (χ4v) is 8.44. The number of aliphatic imine (C=N–C) groups is 1. The number of nitrogens with zero attached hydrogens (tertiary/aromatic N) is 3. The summed E-state index contributed by atoms with van der Waals surface area (Å²) in [5, 5.41) is 65.3. The Balaban J connectivity index is 0.000000241. The second-order valence-electron chi connectivity index (χ2n) is 14.7. The summed E-state index contributed by atoms with van der Waals surface area (Å²) in [6.45, 7) is 2.70. The summed E-state index contributed by atoms with van der Waals surface area (Å²) in [7, 11) is -4.13. The molecule has 7 aromatic rings. The Kier molecular flexibility index (Phi) is 22.9. The van der Waals surface area contributed by atoms with Gasteiger partial charge in [0.25, 0.3) is 10.1 Å². The number of benzene rings is 4. The molecular formula is C45H43Cl2N5O16S4. The topological polar surface area (TPSA) is 364 Å². The third-order valence-corrected chi connectivity index (χ3v) is 13.5. The van der Waals surface area contributed by atoms with Crippen LogP contribution in [0.15, 0.2) is 112 Å². The van der Waals surface area contributed by atoms with Gasteiger partial charge in [-0.3, -0.25) is 19.1 Å². The van der Waals surface area contributed by atoms with Crippen LogP contribution in [0.3, 0.4) is 0 Å². The smallest absolute Gasteiger partial charge is 0.357 e. The number of carboxylic acids is 5. The Hall–Kier alpha value is -6.81. The zero-order valence-electron chi connectivity index (χ0n) is 37.6. The monoisotopic (exact) mass is 1110 g/mol. The van der Waals surface area contributed by atoms with Crippen molar-refractivity contribution < 1.29 is 77.5 Å². The number of aliphatic carboxylic acids is 1. The van der Waals surface area contributed by atoms with E-state index in [-0.39, 0.29) is 30.0 Å². The maximum absolute atomic E-state index is 11.3. The van der Waals surface area contributed by atoms with E-state index in [0.717, 1.165) is 31.0 Å². The lowest BCUT2D eigenvalue weighted by Gasteiger charge is -2.26. The molecule has 1 amide bonds. The van der Waals surface area contributed by atoms with Gasteiger partial charge in [0, 0.05) is 33.5 Å². The van der Waals surface area contributed by atoms with E-state index in [0.29, 0.717) is 26.1 Å². The van der Waals surface area contributed by atoms with Gasteiger partial charge in [-0.1, -0.05) is 73.1 Å². The van der Waals surface area contributed by atoms with E-state index >= 15 is 0 Å². The van der Waals surface area contributed by atoms with Crippen LogP contribution in [0.2, 0.25) is 10.0 Å². The Labute approximate surface area is 431 Å². The number of H-pyrrole nitrogens is 1. The maximum Gasteiger partial charge on any atom is 0.357 e. The molecule has 0 fully saturated rings. The molecule has 3 heterocycles. The van der Waals surface area contributed by atoms with Crippen LogP contribution < -0.4 is 5.32 Å². The van der Waals surface area contributed by atoms with Crippen molar-refractivity contribution in [3.8, 4) is 0 Å². The van der Waals surface area contributed by atoms with Gasteiger partial charge >= 0.3 is 29.8 Å². The Morgan fingerprint density at radius 1 is 0.847 bits per heavy atom. The van der Waals surface area contributed by atoms with Crippen LogP contribution in [0.25, 0.3) is 20.3 Å². The van der Waals surface area contributed by atoms with E-state index < -0.39 is 68.8 Å². The first kappa shape index (κ1) is 59.5. The molecule has 0 aliphatic carbocycles. The predicted octanol–water partition coefficient (Wildman–Crippen LogP) is 8.07. The van der Waals surface area contributed by atoms with Gasteiger partial charge in [-0.2, -0.15) is 8.42 Å². The summed E-state index contributed by atoms with van der Waals surface area (Å²) in [6.07, 6.45) is 2.98. The number of hydrogen-bond acceptors (Lipinski definition) is 16. The lowest BCUT2D eigenvalue weighted by atomic mass is 9.87. The lowest BCUT2D eigenvalue weighted by molar-refractivity contribution is -0.138. The van der Waals surface area contributed by atoms with E-state index in [1.54, 1.807) is 48.7 Å². The minimum atomic E-state index is -4.13. The van der Waals surface area contributed by atoms with E-state index in [2.05, 4.69) is 25.3 Å². The van der Waals surface area contributed by atoms with Crippen molar-refractivity contribution in [2.45, 2.75) is 35.6 Å². The number of hydrogen-bond donors (Lipinski definition) is 10. The predicted molar refractivity (Wildman–Crippen MR) is 272 cm³/mol. The molecule has 0 aliphatic rings. The summed E-state index contributed by atoms with van der Waals surface area (Å²) >= 11 is 16.1. The third kappa shape index (κ3) is 18.7. The number of aromatic amines is 1. The number of thiophene rings is 1. The zero-order chi connectivity index (χ0) is 53.9. The van der Waals surface area contributed by atoms with Gasteiger partial charge < -0.3 is 46.0 Å². The Morgan fingerprint density at radius 2 is 1.51 bits per heavy atom. The van der Waals surface area contributed by atoms with Crippen molar-refractivity contribution in [3.05, 3.63) is 135 Å². The zero-order valence-corrected chi connectivity index (χ0v) is 42.4. The van der Waals surface area contributed by atoms with Gasteiger partial charge in [0.15, 0.2) is 15.7 Å². The van der Waals surface area contributed by atoms with E-state index in [1.165, 1.54) is 72.5 Å². The molecule has 1 atom stereocenters. The molecule has 7 rings (SSSR count). The number of aliphatic hydroxyl groups is 2. The Bertz CT molecular complexity index is 3120. The third-order valence-electron chi connectivity index (χ3n) is 8.97. The number of carbonyl (C=O) groups is 6. The molecule has 3 aromatic heterocycles. The fourth-order valence-electron chi connectivity index (χ4n) is 5.11. The molecule has 0 saturated heterocycles. The highest BCUT2D eigenvalue weighted by molar-refractivity contribution is 8.00. The quantitative estimate of drug-likeness (QED) is 0.0279. The molecule has 4 aromatic carbocycles. The second-order valence-corrected chi connectivity index (χ2v) is 20.2. The molecule has 0 aliphatic heterocycles. The van der Waals surface area contributed by atoms with Crippen molar-refractivity contribution in [2.75, 3.05) is 19.4 Å². The van der Waals surface area contributed by atoms with E-state index in [9.17, 15) is 42.3 Å². The normalized spacial score (nSPS) is 11.3. The number of carboxylic acid groups (broad SMARTS) is 5. The average Bonchev–Trinajstić information content (AvgIpc) is 4.11. The summed E-state index contributed by atoms with van der Waals surface area (Å²) in [5.74, 6) is -6.20. The summed E-state index contributed by atoms with van der Waals surface area (Å²) in [5.41, 5.74) is 0.398. The van der Waals surface area contributed by atoms with Crippen LogP contribution in [0, 0.1) is 5.41 Å². The van der Waals surface area contributed by atoms with Crippen molar-refractivity contribution >= 4 is 136 Å². The highest BCUT2D eigenvalue weighted by atomic mass is 35.5. The number of rotatable bonds is 14. The Morgan fingerprint density at radius 3 is 2.04 bits per heavy atom. The molecule has 10 N–H and O–H groups in total. The number of nitrogens with one attached hydrogen (secondary N) is 2. The summed E-state index contributed by atoms with van der Waals surface area (Å²) in [4.78, 5) is 77.4. The molecule has 0 saturated carbocycles. The first-order chi connectivity index (χ1) is 33.8. The number of fused-ring (bicyclic) bond motifs is 2. The average molecular weight is 1110 g/mol. The molecule has 21 nitrogen and oxygen atoms in total. The van der Waals surface area contributed by atoms with Crippen LogP contribution in [0.5, 0.6) is 0 Å². The van der Waals surface area contributed by atoms with E-state index in [1.807, 2.05) is 30.5 Å². The van der Waals surface area contributed by atoms with Gasteiger partial charge in [0.1, 0.15) is 11.0 Å². The number of halogens is 2. The number of amides is 1. The van der Waals surface area contributed by atoms with Crippen LogP contribution in [-0.2, 0) is 19.7 Å². The van der Waals surface area contributed by atoms with Crippen LogP contribution >= 0.6 is 57.6 Å². The molecule has 382 valence electrons. The minimum absolute atomic E-state index is 0.0350. The number of imidazole rings is 1. The molecule has 27 heteroatoms. The first-order valence-electron chi connectivity index (χ1n) is 20.0. The minimum Gasteiger partial charge on any atom is -0.481 e. The van der Waals surface area contributed by atoms with Crippen molar-refractivity contribution in [3.63, 3.8) is 0 Å². The van der Waals surface area contributed by atoms with Crippen LogP contribution in [0.4, 0.5) is 5.69 Å². The molecule has 0 radical (unpaired) electrons. The second kappa shape index (κ2) is 27.7.